The molecule has 216 valence electrons. The highest BCUT2D eigenvalue weighted by atomic mass is 19.1. The molecule has 1 amide bonds. The molecule has 41 heavy (non-hydrogen) atoms. The van der Waals surface area contributed by atoms with Gasteiger partial charge in [-0.2, -0.15) is 5.26 Å². The third-order valence-electron chi connectivity index (χ3n) is 7.47. The maximum Gasteiger partial charge on any atom is 0.410 e. The monoisotopic (exact) mass is 563 g/mol. The van der Waals surface area contributed by atoms with Crippen LogP contribution in [0.5, 0.6) is 11.5 Å². The van der Waals surface area contributed by atoms with Crippen LogP contribution >= 0.6 is 0 Å². The number of carbonyl (C=O) groups excluding carboxylic acids is 1. The number of hydrogen-bond acceptors (Lipinski definition) is 8. The SMILES string of the molecule is CC(C)(C)N(Cc1cc2c(cn1)OCCO2)C(=O)OC1CCN(CCn2c(=O)cc(C#N)c3ccc(F)cc32)CC1. The number of likely N-dealkylation sites (tertiary alicyclic amines) is 1. The van der Waals surface area contributed by atoms with Crippen molar-refractivity contribution in [1.29, 1.82) is 5.26 Å². The van der Waals surface area contributed by atoms with Crippen molar-refractivity contribution in [1.82, 2.24) is 19.4 Å². The predicted molar refractivity (Wildman–Crippen MR) is 149 cm³/mol. The van der Waals surface area contributed by atoms with Crippen molar-refractivity contribution < 1.29 is 23.4 Å². The molecule has 0 bridgehead atoms. The van der Waals surface area contributed by atoms with Crippen LogP contribution in [0.3, 0.4) is 0 Å². The zero-order valence-corrected chi connectivity index (χ0v) is 23.6. The number of piperidine rings is 1. The van der Waals surface area contributed by atoms with Gasteiger partial charge >= 0.3 is 6.09 Å². The standard InChI is InChI=1S/C30H34FN5O5/c1-30(2,3)36(19-22-16-26-27(18-33-22)40-13-12-39-26)29(38)41-23-6-8-34(9-7-23)10-11-35-25-15-21(31)4-5-24(25)20(17-32)14-28(35)37/h4-5,14-16,18,23H,6-13,19H2,1-3H3. The Morgan fingerprint density at radius 2 is 1.88 bits per heavy atom. The van der Waals surface area contributed by atoms with E-state index < -0.39 is 17.4 Å². The Labute approximate surface area is 237 Å². The molecule has 2 aliphatic heterocycles. The van der Waals surface area contributed by atoms with Gasteiger partial charge in [0.1, 0.15) is 31.2 Å². The van der Waals surface area contributed by atoms with Gasteiger partial charge in [-0.05, 0) is 51.8 Å². The number of benzene rings is 1. The van der Waals surface area contributed by atoms with E-state index in [1.54, 1.807) is 17.2 Å². The minimum Gasteiger partial charge on any atom is -0.486 e. The molecule has 0 atom stereocenters. The van der Waals surface area contributed by atoms with Gasteiger partial charge in [0.15, 0.2) is 11.5 Å². The Morgan fingerprint density at radius 3 is 2.59 bits per heavy atom. The lowest BCUT2D eigenvalue weighted by Gasteiger charge is -2.37. The Kier molecular flexibility index (Phi) is 8.13. The molecule has 1 aromatic carbocycles. The van der Waals surface area contributed by atoms with Crippen LogP contribution in [0.1, 0.15) is 44.9 Å². The Bertz CT molecular complexity index is 1540. The number of fused-ring (bicyclic) bond motifs is 2. The van der Waals surface area contributed by atoms with Crippen molar-refractivity contribution in [3.8, 4) is 17.6 Å². The summed E-state index contributed by atoms with van der Waals surface area (Å²) in [6.45, 7) is 9.39. The Morgan fingerprint density at radius 1 is 1.15 bits per heavy atom. The molecule has 3 aromatic rings. The number of ether oxygens (including phenoxy) is 3. The molecule has 0 unspecified atom stereocenters. The van der Waals surface area contributed by atoms with E-state index in [0.717, 1.165) is 0 Å². The number of nitriles is 1. The molecule has 0 radical (unpaired) electrons. The van der Waals surface area contributed by atoms with E-state index >= 15 is 0 Å². The molecular formula is C30H34FN5O5. The number of nitrogens with zero attached hydrogens (tertiary/aromatic N) is 5. The van der Waals surface area contributed by atoms with Gasteiger partial charge in [0.2, 0.25) is 0 Å². The van der Waals surface area contributed by atoms with Crippen molar-refractivity contribution in [3.63, 3.8) is 0 Å². The highest BCUT2D eigenvalue weighted by molar-refractivity contribution is 5.85. The number of carbonyl (C=O) groups is 1. The van der Waals surface area contributed by atoms with Crippen LogP contribution in [0.25, 0.3) is 10.9 Å². The van der Waals surface area contributed by atoms with E-state index in [9.17, 15) is 19.2 Å². The first-order valence-electron chi connectivity index (χ1n) is 13.8. The summed E-state index contributed by atoms with van der Waals surface area (Å²) in [6, 6.07) is 9.24. The first kappa shape index (κ1) is 28.4. The van der Waals surface area contributed by atoms with Gasteiger partial charge in [0, 0.05) is 49.2 Å². The molecule has 0 aliphatic carbocycles. The Balaban J connectivity index is 1.18. The topological polar surface area (TPSA) is 110 Å². The Hall–Kier alpha value is -4.17. The lowest BCUT2D eigenvalue weighted by molar-refractivity contribution is 0.00868. The summed E-state index contributed by atoms with van der Waals surface area (Å²) in [5.41, 5.74) is 0.494. The van der Waals surface area contributed by atoms with Crippen LogP contribution in [0.2, 0.25) is 0 Å². The van der Waals surface area contributed by atoms with Crippen molar-refractivity contribution in [2.45, 2.75) is 58.3 Å². The van der Waals surface area contributed by atoms with Crippen molar-refractivity contribution in [3.05, 3.63) is 64.0 Å². The summed E-state index contributed by atoms with van der Waals surface area (Å²) in [4.78, 5) is 34.3. The maximum atomic E-state index is 14.0. The fraction of sp³-hybridized carbons (Fsp3) is 0.467. The molecule has 5 rings (SSSR count). The molecule has 2 aliphatic rings. The van der Waals surface area contributed by atoms with E-state index in [-0.39, 0.29) is 23.8 Å². The van der Waals surface area contributed by atoms with Crippen LogP contribution in [-0.2, 0) is 17.8 Å². The average Bonchev–Trinajstić information content (AvgIpc) is 2.95. The molecule has 0 spiro atoms. The van der Waals surface area contributed by atoms with Crippen molar-refractivity contribution in [2.75, 3.05) is 32.8 Å². The number of halogens is 1. The lowest BCUT2D eigenvalue weighted by Crippen LogP contribution is -2.48. The van der Waals surface area contributed by atoms with E-state index in [1.807, 2.05) is 26.8 Å². The summed E-state index contributed by atoms with van der Waals surface area (Å²) >= 11 is 0. The second kappa shape index (κ2) is 11.7. The quantitative estimate of drug-likeness (QED) is 0.441. The molecule has 0 saturated carbocycles. The minimum atomic E-state index is -0.497. The third kappa shape index (κ3) is 6.43. The summed E-state index contributed by atoms with van der Waals surface area (Å²) in [5, 5.41) is 9.93. The fourth-order valence-electron chi connectivity index (χ4n) is 5.19. The van der Waals surface area contributed by atoms with Crippen molar-refractivity contribution in [2.24, 2.45) is 0 Å². The molecular weight excluding hydrogens is 529 g/mol. The van der Waals surface area contributed by atoms with E-state index in [1.165, 1.54) is 28.8 Å². The van der Waals surface area contributed by atoms with Gasteiger partial charge in [0.05, 0.1) is 29.5 Å². The highest BCUT2D eigenvalue weighted by Gasteiger charge is 2.32. The predicted octanol–water partition coefficient (Wildman–Crippen LogP) is 4.08. The van der Waals surface area contributed by atoms with Crippen LogP contribution < -0.4 is 15.0 Å². The lowest BCUT2D eigenvalue weighted by atomic mass is 10.1. The van der Waals surface area contributed by atoms with Crippen LogP contribution in [0.4, 0.5) is 9.18 Å². The van der Waals surface area contributed by atoms with Crippen LogP contribution in [0.15, 0.2) is 41.3 Å². The molecule has 1 saturated heterocycles. The van der Waals surface area contributed by atoms with Gasteiger partial charge in [-0.25, -0.2) is 9.18 Å². The zero-order valence-electron chi connectivity index (χ0n) is 23.6. The number of pyridine rings is 2. The van der Waals surface area contributed by atoms with Crippen molar-refractivity contribution >= 4 is 17.0 Å². The molecule has 0 N–H and O–H groups in total. The maximum absolute atomic E-state index is 14.0. The van der Waals surface area contributed by atoms with Gasteiger partial charge < -0.3 is 23.7 Å². The van der Waals surface area contributed by atoms with Gasteiger partial charge in [0.25, 0.3) is 5.56 Å². The molecule has 11 heteroatoms. The zero-order chi connectivity index (χ0) is 29.1. The van der Waals surface area contributed by atoms with Gasteiger partial charge in [-0.15, -0.1) is 0 Å². The molecule has 10 nitrogen and oxygen atoms in total. The van der Waals surface area contributed by atoms with Gasteiger partial charge in [-0.1, -0.05) is 0 Å². The number of rotatable bonds is 6. The summed E-state index contributed by atoms with van der Waals surface area (Å²) in [6.07, 6.45) is 2.30. The number of hydrogen-bond donors (Lipinski definition) is 0. The number of aromatic nitrogens is 2. The number of amides is 1. The largest absolute Gasteiger partial charge is 0.486 e. The van der Waals surface area contributed by atoms with E-state index in [4.69, 9.17) is 14.2 Å². The minimum absolute atomic E-state index is 0.232. The average molecular weight is 564 g/mol. The second-order valence-corrected chi connectivity index (χ2v) is 11.3. The highest BCUT2D eigenvalue weighted by Crippen LogP contribution is 2.31. The van der Waals surface area contributed by atoms with Crippen LogP contribution in [0, 0.1) is 17.1 Å². The van der Waals surface area contributed by atoms with Gasteiger partial charge in [-0.3, -0.25) is 14.7 Å². The molecule has 2 aromatic heterocycles. The summed E-state index contributed by atoms with van der Waals surface area (Å²) in [5.74, 6) is 0.760. The molecule has 1 fully saturated rings. The summed E-state index contributed by atoms with van der Waals surface area (Å²) in [7, 11) is 0. The third-order valence-corrected chi connectivity index (χ3v) is 7.47. The first-order chi connectivity index (χ1) is 19.6. The van der Waals surface area contributed by atoms with E-state index in [2.05, 4.69) is 9.88 Å². The first-order valence-corrected chi connectivity index (χ1v) is 13.8. The summed E-state index contributed by atoms with van der Waals surface area (Å²) < 4.78 is 32.6. The fourth-order valence-corrected chi connectivity index (χ4v) is 5.19. The second-order valence-electron chi connectivity index (χ2n) is 11.3. The van der Waals surface area contributed by atoms with E-state index in [0.29, 0.717) is 80.3 Å². The normalized spacial score (nSPS) is 15.9. The van der Waals surface area contributed by atoms with Crippen LogP contribution in [-0.4, -0.2) is 69.9 Å². The smallest absolute Gasteiger partial charge is 0.410 e. The molecule has 4 heterocycles.